The lowest BCUT2D eigenvalue weighted by Crippen LogP contribution is -2.20. The maximum absolute atomic E-state index is 12.7. The molecule has 0 unspecified atom stereocenters. The average Bonchev–Trinajstić information content (AvgIpc) is 3.28. The van der Waals surface area contributed by atoms with Crippen molar-refractivity contribution in [2.45, 2.75) is 20.4 Å². The van der Waals surface area contributed by atoms with Crippen molar-refractivity contribution in [3.63, 3.8) is 0 Å². The highest BCUT2D eigenvalue weighted by Crippen LogP contribution is 2.29. The Hall–Kier alpha value is -3.00. The summed E-state index contributed by atoms with van der Waals surface area (Å²) < 4.78 is 30.1. The zero-order valence-corrected chi connectivity index (χ0v) is 20.4. The Morgan fingerprint density at radius 1 is 1.15 bits per heavy atom. The minimum Gasteiger partial charge on any atom is -0.456 e. The Bertz CT molecular complexity index is 1290. The van der Waals surface area contributed by atoms with Crippen LogP contribution in [0.3, 0.4) is 0 Å². The molecule has 0 aliphatic carbocycles. The summed E-state index contributed by atoms with van der Waals surface area (Å²) in [7, 11) is -3.97. The van der Waals surface area contributed by atoms with E-state index in [1.807, 2.05) is 12.1 Å². The van der Waals surface area contributed by atoms with E-state index in [-0.39, 0.29) is 26.3 Å². The summed E-state index contributed by atoms with van der Waals surface area (Å²) in [5.41, 5.74) is -0.241. The SMILES string of the molecule is O=C(COC(=O)CCSc1ccc(Cl)cc1)Nc1ncc(S(=O)(=O)c2ccc([N+](=O)[O-])cc2)s1. The van der Waals surface area contributed by atoms with Crippen molar-refractivity contribution in [3.05, 3.63) is 69.9 Å². The van der Waals surface area contributed by atoms with Crippen LogP contribution in [0.2, 0.25) is 5.02 Å². The highest BCUT2D eigenvalue weighted by atomic mass is 35.5. The third-order valence-corrected chi connectivity index (χ3v) is 8.52. The van der Waals surface area contributed by atoms with E-state index in [4.69, 9.17) is 16.3 Å². The van der Waals surface area contributed by atoms with Crippen molar-refractivity contribution in [1.29, 1.82) is 0 Å². The van der Waals surface area contributed by atoms with Gasteiger partial charge in [0.1, 0.15) is 4.21 Å². The number of nitro groups is 1. The molecule has 1 amide bonds. The van der Waals surface area contributed by atoms with Crippen molar-refractivity contribution in [3.8, 4) is 0 Å². The van der Waals surface area contributed by atoms with Gasteiger partial charge in [-0.2, -0.15) is 0 Å². The van der Waals surface area contributed by atoms with Crippen LogP contribution in [0.5, 0.6) is 0 Å². The van der Waals surface area contributed by atoms with Gasteiger partial charge in [0.2, 0.25) is 9.84 Å². The molecule has 1 N–H and O–H groups in total. The number of rotatable bonds is 10. The molecule has 0 spiro atoms. The molecule has 0 bridgehead atoms. The summed E-state index contributed by atoms with van der Waals surface area (Å²) in [6, 6.07) is 11.6. The van der Waals surface area contributed by atoms with Gasteiger partial charge in [0.15, 0.2) is 11.7 Å². The van der Waals surface area contributed by atoms with Gasteiger partial charge >= 0.3 is 5.97 Å². The van der Waals surface area contributed by atoms with Crippen LogP contribution in [-0.2, 0) is 24.2 Å². The smallest absolute Gasteiger partial charge is 0.307 e. The number of aromatic nitrogens is 1. The zero-order valence-electron chi connectivity index (χ0n) is 17.2. The summed E-state index contributed by atoms with van der Waals surface area (Å²) in [5.74, 6) is -0.775. The van der Waals surface area contributed by atoms with Gasteiger partial charge in [-0.15, -0.1) is 11.8 Å². The maximum atomic E-state index is 12.7. The number of thiazole rings is 1. The number of carbonyl (C=O) groups excluding carboxylic acids is 2. The normalized spacial score (nSPS) is 11.1. The van der Waals surface area contributed by atoms with Crippen LogP contribution in [0.1, 0.15) is 6.42 Å². The number of nitrogens with zero attached hydrogens (tertiary/aromatic N) is 2. The number of ether oxygens (including phenoxy) is 1. The predicted octanol–water partition coefficient (Wildman–Crippen LogP) is 4.20. The number of carbonyl (C=O) groups is 2. The second-order valence-corrected chi connectivity index (χ2v) is 11.3. The molecule has 0 saturated carbocycles. The van der Waals surface area contributed by atoms with Crippen LogP contribution >= 0.6 is 34.7 Å². The number of hydrogen-bond donors (Lipinski definition) is 1. The van der Waals surface area contributed by atoms with Crippen LogP contribution in [0.15, 0.2) is 68.7 Å². The number of halogens is 1. The number of nitrogens with one attached hydrogen (secondary N) is 1. The number of esters is 1. The lowest BCUT2D eigenvalue weighted by molar-refractivity contribution is -0.384. The topological polar surface area (TPSA) is 146 Å². The molecule has 0 aliphatic heterocycles. The molecule has 0 saturated heterocycles. The second-order valence-electron chi connectivity index (χ2n) is 6.50. The van der Waals surface area contributed by atoms with E-state index >= 15 is 0 Å². The molecular formula is C20H16ClN3O7S3. The molecule has 3 aromatic rings. The first-order valence-corrected chi connectivity index (χ1v) is 13.1. The van der Waals surface area contributed by atoms with E-state index in [1.165, 1.54) is 11.8 Å². The van der Waals surface area contributed by atoms with Crippen LogP contribution in [0, 0.1) is 10.1 Å². The van der Waals surface area contributed by atoms with Gasteiger partial charge < -0.3 is 4.74 Å². The van der Waals surface area contributed by atoms with Gasteiger partial charge in [-0.05, 0) is 36.4 Å². The van der Waals surface area contributed by atoms with Crippen molar-refractivity contribution in [1.82, 2.24) is 4.98 Å². The quantitative estimate of drug-likeness (QED) is 0.172. The van der Waals surface area contributed by atoms with E-state index in [1.54, 1.807) is 12.1 Å². The molecule has 0 fully saturated rings. The number of non-ortho nitro benzene ring substituents is 1. The molecule has 1 heterocycles. The number of nitro benzene ring substituents is 1. The van der Waals surface area contributed by atoms with Crippen LogP contribution in [-0.4, -0.2) is 42.6 Å². The second kappa shape index (κ2) is 11.4. The molecule has 0 atom stereocenters. The van der Waals surface area contributed by atoms with Gasteiger partial charge in [0.05, 0.1) is 22.4 Å². The zero-order chi connectivity index (χ0) is 24.7. The third-order valence-electron chi connectivity index (χ3n) is 4.11. The molecule has 14 heteroatoms. The number of benzene rings is 2. The Morgan fingerprint density at radius 2 is 1.82 bits per heavy atom. The first-order valence-electron chi connectivity index (χ1n) is 9.44. The highest BCUT2D eigenvalue weighted by molar-refractivity contribution is 7.99. The Morgan fingerprint density at radius 3 is 2.47 bits per heavy atom. The van der Waals surface area contributed by atoms with Gasteiger partial charge in [-0.3, -0.25) is 25.0 Å². The standard InChI is InChI=1S/C20H16ClN3O7S3/c21-13-1-5-15(6-2-13)32-10-9-18(26)31-12-17(25)23-20-22-11-19(33-20)34(29,30)16-7-3-14(4-8-16)24(27)28/h1-8,11H,9-10,12H2,(H,22,23,25). The highest BCUT2D eigenvalue weighted by Gasteiger charge is 2.22. The fourth-order valence-electron chi connectivity index (χ4n) is 2.46. The lowest BCUT2D eigenvalue weighted by atomic mass is 10.3. The maximum Gasteiger partial charge on any atom is 0.307 e. The molecule has 10 nitrogen and oxygen atoms in total. The fourth-order valence-corrected chi connectivity index (χ4v) is 5.87. The van der Waals surface area contributed by atoms with Gasteiger partial charge in [-0.25, -0.2) is 13.4 Å². The van der Waals surface area contributed by atoms with Crippen molar-refractivity contribution < 1.29 is 27.7 Å². The van der Waals surface area contributed by atoms with Gasteiger partial charge in [0, 0.05) is 27.8 Å². The predicted molar refractivity (Wildman–Crippen MR) is 127 cm³/mol. The van der Waals surface area contributed by atoms with E-state index in [0.29, 0.717) is 22.1 Å². The molecule has 34 heavy (non-hydrogen) atoms. The van der Waals surface area contributed by atoms with E-state index < -0.39 is 33.2 Å². The van der Waals surface area contributed by atoms with Crippen LogP contribution in [0.25, 0.3) is 0 Å². The minimum atomic E-state index is -3.97. The summed E-state index contributed by atoms with van der Waals surface area (Å²) in [5, 5.41) is 13.7. The van der Waals surface area contributed by atoms with Crippen LogP contribution < -0.4 is 5.32 Å². The summed E-state index contributed by atoms with van der Waals surface area (Å²) in [6.07, 6.45) is 1.16. The summed E-state index contributed by atoms with van der Waals surface area (Å²) >= 11 is 7.96. The Balaban J connectivity index is 1.47. The first kappa shape index (κ1) is 25.6. The van der Waals surface area contributed by atoms with Crippen LogP contribution in [0.4, 0.5) is 10.8 Å². The lowest BCUT2D eigenvalue weighted by Gasteiger charge is -2.05. The van der Waals surface area contributed by atoms with Gasteiger partial charge in [0.25, 0.3) is 11.6 Å². The number of sulfone groups is 1. The fraction of sp³-hybridized carbons (Fsp3) is 0.150. The summed E-state index contributed by atoms with van der Waals surface area (Å²) in [4.78, 5) is 38.6. The van der Waals surface area contributed by atoms with Gasteiger partial charge in [-0.1, -0.05) is 22.9 Å². The number of hydrogen-bond acceptors (Lipinski definition) is 10. The van der Waals surface area contributed by atoms with E-state index in [9.17, 15) is 28.1 Å². The van der Waals surface area contributed by atoms with Crippen molar-refractivity contribution in [2.75, 3.05) is 17.7 Å². The van der Waals surface area contributed by atoms with Crippen molar-refractivity contribution in [2.24, 2.45) is 0 Å². The number of anilines is 1. The van der Waals surface area contributed by atoms with E-state index in [0.717, 1.165) is 35.4 Å². The number of thioether (sulfide) groups is 1. The molecule has 178 valence electrons. The summed E-state index contributed by atoms with van der Waals surface area (Å²) in [6.45, 7) is -0.547. The molecule has 1 aromatic heterocycles. The third kappa shape index (κ3) is 7.00. The Labute approximate surface area is 207 Å². The van der Waals surface area contributed by atoms with Crippen molar-refractivity contribution >= 4 is 67.2 Å². The molecule has 0 aliphatic rings. The largest absolute Gasteiger partial charge is 0.456 e. The molecule has 3 rings (SSSR count). The molecule has 2 aromatic carbocycles. The van der Waals surface area contributed by atoms with E-state index in [2.05, 4.69) is 10.3 Å². The number of amides is 1. The molecular weight excluding hydrogens is 526 g/mol. The first-order chi connectivity index (χ1) is 16.1. The average molecular weight is 542 g/mol. The molecule has 0 radical (unpaired) electrons. The monoisotopic (exact) mass is 541 g/mol. The Kier molecular flexibility index (Phi) is 8.61. The minimum absolute atomic E-state index is 0.000158.